The molecule has 7 heteroatoms. The molecule has 0 amide bonds. The lowest BCUT2D eigenvalue weighted by Gasteiger charge is -2.47. The number of ketones is 1. The van der Waals surface area contributed by atoms with Crippen LogP contribution in [0.4, 0.5) is 0 Å². The van der Waals surface area contributed by atoms with Gasteiger partial charge in [0.25, 0.3) is 0 Å². The van der Waals surface area contributed by atoms with E-state index in [9.17, 15) is 24.6 Å². The lowest BCUT2D eigenvalue weighted by molar-refractivity contribution is -0.178. The fourth-order valence-electron chi connectivity index (χ4n) is 7.53. The van der Waals surface area contributed by atoms with Crippen LogP contribution in [0, 0.1) is 28.1 Å². The summed E-state index contributed by atoms with van der Waals surface area (Å²) in [6.07, 6.45) is 10.7. The highest BCUT2D eigenvalue weighted by Gasteiger charge is 2.71. The first-order chi connectivity index (χ1) is 19.4. The molecule has 2 N–H and O–H groups in total. The summed E-state index contributed by atoms with van der Waals surface area (Å²) in [6, 6.07) is 0. The summed E-state index contributed by atoms with van der Waals surface area (Å²) in [5.41, 5.74) is -4.66. The van der Waals surface area contributed by atoms with Crippen LogP contribution in [-0.2, 0) is 23.9 Å². The summed E-state index contributed by atoms with van der Waals surface area (Å²) in [4.78, 5) is 40.6. The number of aliphatic hydroxyl groups is 2. The number of fused-ring (bicyclic) bond motifs is 1. The van der Waals surface area contributed by atoms with Crippen LogP contribution in [0.25, 0.3) is 0 Å². The molecule has 0 aromatic carbocycles. The molecule has 0 aromatic heterocycles. The number of carbonyl (C=O) groups excluding carboxylic acids is 3. The average Bonchev–Trinajstić information content (AvgIpc) is 3.00. The zero-order valence-corrected chi connectivity index (χ0v) is 27.6. The minimum absolute atomic E-state index is 0.00313. The number of aliphatic hydroxyl groups excluding tert-OH is 1. The van der Waals surface area contributed by atoms with Gasteiger partial charge in [-0.25, -0.2) is 0 Å². The second kappa shape index (κ2) is 12.6. The van der Waals surface area contributed by atoms with Crippen molar-refractivity contribution in [1.82, 2.24) is 0 Å². The molecule has 6 atom stereocenters. The predicted octanol–water partition coefficient (Wildman–Crippen LogP) is 6.64. The van der Waals surface area contributed by atoms with E-state index in [1.807, 2.05) is 33.8 Å². The van der Waals surface area contributed by atoms with Gasteiger partial charge in [-0.2, -0.15) is 0 Å². The quantitative estimate of drug-likeness (QED) is 0.158. The minimum Gasteiger partial charge on any atom is -0.461 e. The standard InChI is InChI=1S/C35H56O7/c1-10-11-12-13-14-15-16-17-27(36)42-33(9)20-24(3)34-19-23(2)28(37)35(34,40)21-25(22-41-30(39)31(4,5)6)18-26(29(34)38)32(33,7)8/h18-19,24,26,28,37,40H,10-17,20-22H2,1-9H3/t24-,26?,28?,33-,34?,35?/m1/s1. The van der Waals surface area contributed by atoms with Gasteiger partial charge in [0, 0.05) is 24.2 Å². The highest BCUT2D eigenvalue weighted by Crippen LogP contribution is 2.63. The Kier molecular flexibility index (Phi) is 10.3. The number of ether oxygens (including phenoxy) is 2. The zero-order valence-electron chi connectivity index (χ0n) is 27.6. The first-order valence-corrected chi connectivity index (χ1v) is 16.1. The molecular weight excluding hydrogens is 532 g/mol. The molecule has 3 aliphatic rings. The molecular formula is C35H56O7. The number of allylic oxidation sites excluding steroid dienone is 1. The molecule has 0 aliphatic heterocycles. The van der Waals surface area contributed by atoms with Crippen LogP contribution in [0.3, 0.4) is 0 Å². The number of rotatable bonds is 11. The van der Waals surface area contributed by atoms with Gasteiger partial charge in [0.15, 0.2) is 5.78 Å². The van der Waals surface area contributed by atoms with Gasteiger partial charge in [0.05, 0.1) is 10.8 Å². The van der Waals surface area contributed by atoms with Gasteiger partial charge in [-0.05, 0) is 64.5 Å². The predicted molar refractivity (Wildman–Crippen MR) is 163 cm³/mol. The van der Waals surface area contributed by atoms with Gasteiger partial charge in [0.2, 0.25) is 0 Å². The Labute approximate surface area is 253 Å². The molecule has 1 spiro atoms. The van der Waals surface area contributed by atoms with Crippen LogP contribution in [0.15, 0.2) is 23.3 Å². The van der Waals surface area contributed by atoms with E-state index in [0.29, 0.717) is 24.0 Å². The zero-order chi connectivity index (χ0) is 31.7. The number of Topliss-reactive ketones (excluding diaryl/α,β-unsaturated/α-hetero) is 1. The molecule has 42 heavy (non-hydrogen) atoms. The Morgan fingerprint density at radius 1 is 1.05 bits per heavy atom. The van der Waals surface area contributed by atoms with Gasteiger partial charge >= 0.3 is 11.9 Å². The van der Waals surface area contributed by atoms with Crippen molar-refractivity contribution in [2.24, 2.45) is 28.1 Å². The SMILES string of the molecule is CCCCCCCCCC(=O)O[C@]1(C)C[C@@H](C)C23C=C(C)C(O)C2(O)CC(COC(=O)C(C)(C)C)=CC(C3=O)C1(C)C. The molecule has 3 aliphatic carbocycles. The summed E-state index contributed by atoms with van der Waals surface area (Å²) in [5.74, 6) is -2.04. The van der Waals surface area contributed by atoms with Crippen molar-refractivity contribution in [3.05, 3.63) is 23.3 Å². The molecule has 0 aromatic rings. The van der Waals surface area contributed by atoms with Crippen molar-refractivity contribution in [2.45, 2.75) is 144 Å². The van der Waals surface area contributed by atoms with Gasteiger partial charge in [0.1, 0.15) is 23.9 Å². The molecule has 0 heterocycles. The molecule has 1 fully saturated rings. The third-order valence-electron chi connectivity index (χ3n) is 10.6. The number of carbonyl (C=O) groups is 3. The summed E-state index contributed by atoms with van der Waals surface area (Å²) in [5, 5.41) is 23.7. The van der Waals surface area contributed by atoms with Crippen molar-refractivity contribution in [2.75, 3.05) is 6.61 Å². The van der Waals surface area contributed by atoms with Crippen molar-refractivity contribution >= 4 is 17.7 Å². The van der Waals surface area contributed by atoms with Gasteiger partial charge < -0.3 is 19.7 Å². The first kappa shape index (κ1) is 34.5. The van der Waals surface area contributed by atoms with E-state index in [-0.39, 0.29) is 30.7 Å². The summed E-state index contributed by atoms with van der Waals surface area (Å²) in [7, 11) is 0. The third kappa shape index (κ3) is 6.15. The molecule has 1 saturated carbocycles. The van der Waals surface area contributed by atoms with Crippen LogP contribution in [0.2, 0.25) is 0 Å². The van der Waals surface area contributed by atoms with Gasteiger partial charge in [-0.3, -0.25) is 14.4 Å². The van der Waals surface area contributed by atoms with Gasteiger partial charge in [-0.1, -0.05) is 78.4 Å². The van der Waals surface area contributed by atoms with E-state index in [2.05, 4.69) is 6.92 Å². The summed E-state index contributed by atoms with van der Waals surface area (Å²) < 4.78 is 12.0. The van der Waals surface area contributed by atoms with Crippen LogP contribution in [0.1, 0.15) is 127 Å². The number of hydrogen-bond donors (Lipinski definition) is 2. The Bertz CT molecular complexity index is 1100. The summed E-state index contributed by atoms with van der Waals surface area (Å²) >= 11 is 0. The second-order valence-electron chi connectivity index (χ2n) is 15.2. The normalized spacial score (nSPS) is 34.1. The Morgan fingerprint density at radius 3 is 2.24 bits per heavy atom. The van der Waals surface area contributed by atoms with E-state index >= 15 is 0 Å². The number of esters is 2. The average molecular weight is 589 g/mol. The molecule has 0 saturated heterocycles. The minimum atomic E-state index is -1.81. The number of unbranched alkanes of at least 4 members (excludes halogenated alkanes) is 6. The lowest BCUT2D eigenvalue weighted by atomic mass is 9.60. The third-order valence-corrected chi connectivity index (χ3v) is 10.6. The van der Waals surface area contributed by atoms with E-state index < -0.39 is 45.4 Å². The Hall–Kier alpha value is -1.99. The molecule has 7 nitrogen and oxygen atoms in total. The number of hydrogen-bond acceptors (Lipinski definition) is 7. The maximum Gasteiger partial charge on any atom is 0.311 e. The monoisotopic (exact) mass is 588 g/mol. The van der Waals surface area contributed by atoms with Crippen molar-refractivity contribution in [1.29, 1.82) is 0 Å². The van der Waals surface area contributed by atoms with E-state index in [1.54, 1.807) is 33.8 Å². The largest absolute Gasteiger partial charge is 0.461 e. The van der Waals surface area contributed by atoms with E-state index in [1.165, 1.54) is 25.7 Å². The maximum atomic E-state index is 14.7. The lowest BCUT2D eigenvalue weighted by Crippen LogP contribution is -2.59. The Balaban J connectivity index is 1.96. The molecule has 0 radical (unpaired) electrons. The maximum absolute atomic E-state index is 14.7. The first-order valence-electron chi connectivity index (χ1n) is 16.1. The van der Waals surface area contributed by atoms with E-state index in [4.69, 9.17) is 9.47 Å². The van der Waals surface area contributed by atoms with Crippen LogP contribution >= 0.6 is 0 Å². The molecule has 3 rings (SSSR count). The van der Waals surface area contributed by atoms with Crippen molar-refractivity contribution < 1.29 is 34.1 Å². The topological polar surface area (TPSA) is 110 Å². The van der Waals surface area contributed by atoms with Crippen LogP contribution in [0.5, 0.6) is 0 Å². The Morgan fingerprint density at radius 2 is 1.64 bits per heavy atom. The highest BCUT2D eigenvalue weighted by atomic mass is 16.6. The smallest absolute Gasteiger partial charge is 0.311 e. The molecule has 238 valence electrons. The molecule has 2 bridgehead atoms. The van der Waals surface area contributed by atoms with Crippen molar-refractivity contribution in [3.8, 4) is 0 Å². The molecule has 4 unspecified atom stereocenters. The van der Waals surface area contributed by atoms with E-state index in [0.717, 1.165) is 19.3 Å². The second-order valence-corrected chi connectivity index (χ2v) is 15.2. The fourth-order valence-corrected chi connectivity index (χ4v) is 7.53. The van der Waals surface area contributed by atoms with Crippen LogP contribution in [-0.4, -0.2) is 51.8 Å². The highest BCUT2D eigenvalue weighted by molar-refractivity contribution is 5.95. The van der Waals surface area contributed by atoms with Crippen LogP contribution < -0.4 is 0 Å². The van der Waals surface area contributed by atoms with Crippen molar-refractivity contribution in [3.63, 3.8) is 0 Å². The van der Waals surface area contributed by atoms with Gasteiger partial charge in [-0.15, -0.1) is 0 Å². The summed E-state index contributed by atoms with van der Waals surface area (Å²) in [6.45, 7) is 16.9. The fraction of sp³-hybridized carbons (Fsp3) is 0.800.